The summed E-state index contributed by atoms with van der Waals surface area (Å²) in [6, 6.07) is 17.5. The van der Waals surface area contributed by atoms with Gasteiger partial charge in [0.15, 0.2) is 0 Å². The van der Waals surface area contributed by atoms with Crippen molar-refractivity contribution >= 4 is 23.0 Å². The number of carbonyl (C=O) groups excluding carboxylic acids is 1. The van der Waals surface area contributed by atoms with E-state index in [2.05, 4.69) is 15.6 Å². The minimum Gasteiger partial charge on any atom is -0.355 e. The molecule has 0 saturated heterocycles. The number of pyridine rings is 1. The number of carbonyl (C=O) groups is 1. The molecular weight excluding hydrogens is 310 g/mol. The average molecular weight is 331 g/mol. The molecule has 0 atom stereocenters. The second kappa shape index (κ2) is 7.18. The third-order valence-electron chi connectivity index (χ3n) is 4.18. The van der Waals surface area contributed by atoms with Crippen LogP contribution in [-0.4, -0.2) is 10.9 Å². The third kappa shape index (κ3) is 4.04. The molecule has 2 aromatic carbocycles. The molecule has 126 valence electrons. The molecule has 0 bridgehead atoms. The first-order valence-corrected chi connectivity index (χ1v) is 8.20. The van der Waals surface area contributed by atoms with Gasteiger partial charge in [0.05, 0.1) is 0 Å². The van der Waals surface area contributed by atoms with Gasteiger partial charge >= 0.3 is 0 Å². The number of rotatable bonds is 4. The van der Waals surface area contributed by atoms with Crippen molar-refractivity contribution in [3.63, 3.8) is 0 Å². The fourth-order valence-corrected chi connectivity index (χ4v) is 2.52. The van der Waals surface area contributed by atoms with Crippen molar-refractivity contribution in [1.82, 2.24) is 4.98 Å². The van der Waals surface area contributed by atoms with Crippen LogP contribution in [0.5, 0.6) is 0 Å². The predicted octanol–water partition coefficient (Wildman–Crippen LogP) is 5.00. The van der Waals surface area contributed by atoms with E-state index in [1.807, 2.05) is 69.3 Å². The maximum absolute atomic E-state index is 12.5. The Kier molecular flexibility index (Phi) is 4.80. The first kappa shape index (κ1) is 16.7. The number of aromatic nitrogens is 1. The SMILES string of the molecule is Cc1ccc(NC(=O)c2cc(Nc3ccccc3C)ccn2)cc1C. The van der Waals surface area contributed by atoms with Gasteiger partial charge in [-0.1, -0.05) is 24.3 Å². The van der Waals surface area contributed by atoms with Crippen molar-refractivity contribution in [1.29, 1.82) is 0 Å². The number of hydrogen-bond donors (Lipinski definition) is 2. The van der Waals surface area contributed by atoms with E-state index in [9.17, 15) is 4.79 Å². The van der Waals surface area contributed by atoms with Gasteiger partial charge in [0.2, 0.25) is 0 Å². The van der Waals surface area contributed by atoms with E-state index in [0.717, 1.165) is 28.2 Å². The lowest BCUT2D eigenvalue weighted by Crippen LogP contribution is -2.14. The Labute approximate surface area is 147 Å². The molecule has 2 N–H and O–H groups in total. The summed E-state index contributed by atoms with van der Waals surface area (Å²) in [5, 5.41) is 6.23. The Balaban J connectivity index is 1.77. The van der Waals surface area contributed by atoms with Gasteiger partial charge in [0.25, 0.3) is 5.91 Å². The minimum atomic E-state index is -0.225. The number of nitrogens with one attached hydrogen (secondary N) is 2. The zero-order valence-electron chi connectivity index (χ0n) is 14.6. The summed E-state index contributed by atoms with van der Waals surface area (Å²) in [5.41, 5.74) is 6.45. The molecule has 4 heteroatoms. The zero-order chi connectivity index (χ0) is 17.8. The molecular formula is C21H21N3O. The summed E-state index contributed by atoms with van der Waals surface area (Å²) in [6.45, 7) is 6.11. The van der Waals surface area contributed by atoms with Gasteiger partial charge in [0.1, 0.15) is 5.69 Å². The van der Waals surface area contributed by atoms with E-state index in [1.165, 1.54) is 5.56 Å². The van der Waals surface area contributed by atoms with Gasteiger partial charge in [0, 0.05) is 23.3 Å². The lowest BCUT2D eigenvalue weighted by atomic mass is 10.1. The van der Waals surface area contributed by atoms with Crippen LogP contribution >= 0.6 is 0 Å². The van der Waals surface area contributed by atoms with E-state index in [4.69, 9.17) is 0 Å². The second-order valence-electron chi connectivity index (χ2n) is 6.12. The van der Waals surface area contributed by atoms with Gasteiger partial charge in [-0.2, -0.15) is 0 Å². The molecule has 1 amide bonds. The van der Waals surface area contributed by atoms with Crippen LogP contribution in [0.4, 0.5) is 17.1 Å². The largest absolute Gasteiger partial charge is 0.355 e. The lowest BCUT2D eigenvalue weighted by Gasteiger charge is -2.11. The number of para-hydroxylation sites is 1. The van der Waals surface area contributed by atoms with Crippen LogP contribution in [0.1, 0.15) is 27.2 Å². The van der Waals surface area contributed by atoms with Crippen LogP contribution in [0.3, 0.4) is 0 Å². The molecule has 0 aliphatic rings. The second-order valence-corrected chi connectivity index (χ2v) is 6.12. The van der Waals surface area contributed by atoms with Gasteiger partial charge < -0.3 is 10.6 Å². The van der Waals surface area contributed by atoms with Gasteiger partial charge in [-0.15, -0.1) is 0 Å². The fourth-order valence-electron chi connectivity index (χ4n) is 2.52. The number of hydrogen-bond acceptors (Lipinski definition) is 3. The normalized spacial score (nSPS) is 10.4. The fraction of sp³-hybridized carbons (Fsp3) is 0.143. The van der Waals surface area contributed by atoms with E-state index in [0.29, 0.717) is 5.69 Å². The summed E-state index contributed by atoms with van der Waals surface area (Å²) in [7, 11) is 0. The lowest BCUT2D eigenvalue weighted by molar-refractivity contribution is 0.102. The van der Waals surface area contributed by atoms with E-state index in [1.54, 1.807) is 12.3 Å². The Bertz CT molecular complexity index is 919. The molecule has 1 aromatic heterocycles. The predicted molar refractivity (Wildman–Crippen MR) is 103 cm³/mol. The van der Waals surface area contributed by atoms with Crippen molar-refractivity contribution in [2.45, 2.75) is 20.8 Å². The summed E-state index contributed by atoms with van der Waals surface area (Å²) in [4.78, 5) is 16.7. The molecule has 25 heavy (non-hydrogen) atoms. The minimum absolute atomic E-state index is 0.225. The van der Waals surface area contributed by atoms with E-state index < -0.39 is 0 Å². The molecule has 4 nitrogen and oxygen atoms in total. The van der Waals surface area contributed by atoms with Crippen molar-refractivity contribution in [3.05, 3.63) is 83.2 Å². The molecule has 1 heterocycles. The summed E-state index contributed by atoms with van der Waals surface area (Å²) >= 11 is 0. The van der Waals surface area contributed by atoms with Crippen molar-refractivity contribution in [2.24, 2.45) is 0 Å². The van der Waals surface area contributed by atoms with Crippen molar-refractivity contribution in [2.75, 3.05) is 10.6 Å². The summed E-state index contributed by atoms with van der Waals surface area (Å²) < 4.78 is 0. The monoisotopic (exact) mass is 331 g/mol. The number of nitrogens with zero attached hydrogens (tertiary/aromatic N) is 1. The molecule has 0 aliphatic carbocycles. The third-order valence-corrected chi connectivity index (χ3v) is 4.18. The highest BCUT2D eigenvalue weighted by atomic mass is 16.1. The molecule has 0 radical (unpaired) electrons. The zero-order valence-corrected chi connectivity index (χ0v) is 14.6. The summed E-state index contributed by atoms with van der Waals surface area (Å²) in [5.74, 6) is -0.225. The highest BCUT2D eigenvalue weighted by molar-refractivity contribution is 6.03. The molecule has 0 fully saturated rings. The Morgan fingerprint density at radius 1 is 0.840 bits per heavy atom. The molecule has 3 aromatic rings. The number of benzene rings is 2. The van der Waals surface area contributed by atoms with E-state index in [-0.39, 0.29) is 5.91 Å². The molecule has 0 unspecified atom stereocenters. The molecule has 0 saturated carbocycles. The highest BCUT2D eigenvalue weighted by Crippen LogP contribution is 2.21. The molecule has 3 rings (SSSR count). The Hall–Kier alpha value is -3.14. The van der Waals surface area contributed by atoms with Crippen LogP contribution < -0.4 is 10.6 Å². The van der Waals surface area contributed by atoms with Crippen LogP contribution in [0.15, 0.2) is 60.8 Å². The maximum atomic E-state index is 12.5. The van der Waals surface area contributed by atoms with Crippen LogP contribution in [0.25, 0.3) is 0 Å². The number of anilines is 3. The standard InChI is InChI=1S/C21H21N3O/c1-14-8-9-17(12-16(14)3)24-21(25)20-13-18(10-11-22-20)23-19-7-5-4-6-15(19)2/h4-13H,1-3H3,(H,22,23)(H,24,25). The van der Waals surface area contributed by atoms with Crippen LogP contribution in [0.2, 0.25) is 0 Å². The molecule has 0 spiro atoms. The summed E-state index contributed by atoms with van der Waals surface area (Å²) in [6.07, 6.45) is 1.63. The first-order valence-electron chi connectivity index (χ1n) is 8.20. The Morgan fingerprint density at radius 3 is 2.40 bits per heavy atom. The van der Waals surface area contributed by atoms with Crippen LogP contribution in [0, 0.1) is 20.8 Å². The van der Waals surface area contributed by atoms with Crippen molar-refractivity contribution < 1.29 is 4.79 Å². The van der Waals surface area contributed by atoms with E-state index >= 15 is 0 Å². The van der Waals surface area contributed by atoms with Gasteiger partial charge in [-0.25, -0.2) is 0 Å². The van der Waals surface area contributed by atoms with Gasteiger partial charge in [-0.3, -0.25) is 9.78 Å². The highest BCUT2D eigenvalue weighted by Gasteiger charge is 2.09. The maximum Gasteiger partial charge on any atom is 0.274 e. The smallest absolute Gasteiger partial charge is 0.274 e. The molecule has 0 aliphatic heterocycles. The average Bonchev–Trinajstić information content (AvgIpc) is 2.60. The quantitative estimate of drug-likeness (QED) is 0.707. The first-order chi connectivity index (χ1) is 12.0. The topological polar surface area (TPSA) is 54.0 Å². The van der Waals surface area contributed by atoms with Gasteiger partial charge in [-0.05, 0) is 67.8 Å². The van der Waals surface area contributed by atoms with Crippen LogP contribution in [-0.2, 0) is 0 Å². The number of amides is 1. The Morgan fingerprint density at radius 2 is 1.64 bits per heavy atom. The van der Waals surface area contributed by atoms with Crippen molar-refractivity contribution in [3.8, 4) is 0 Å². The number of aryl methyl sites for hydroxylation is 3.